The molecule has 1 fully saturated rings. The monoisotopic (exact) mass is 306 g/mol. The highest BCUT2D eigenvalue weighted by Crippen LogP contribution is 2.36. The Hall–Kier alpha value is -1.76. The first-order valence-corrected chi connectivity index (χ1v) is 8.03. The predicted molar refractivity (Wildman–Crippen MR) is 79.9 cm³/mol. The second-order valence-corrected chi connectivity index (χ2v) is 5.93. The van der Waals surface area contributed by atoms with Gasteiger partial charge in [-0.25, -0.2) is 4.68 Å². The van der Waals surface area contributed by atoms with Gasteiger partial charge < -0.3 is 9.47 Å². The minimum Gasteiger partial charge on any atom is -0.497 e. The van der Waals surface area contributed by atoms with Crippen LogP contribution >= 0.6 is 11.8 Å². The lowest BCUT2D eigenvalue weighted by molar-refractivity contribution is 0.318. The molecular weight excluding hydrogens is 288 g/mol. The van der Waals surface area contributed by atoms with Crippen molar-refractivity contribution in [3.05, 3.63) is 24.3 Å². The molecule has 6 nitrogen and oxygen atoms in total. The Balaban J connectivity index is 1.37. The van der Waals surface area contributed by atoms with Crippen LogP contribution in [0.5, 0.6) is 11.5 Å². The number of aromatic nitrogens is 4. The molecule has 2 aromatic rings. The molecule has 0 atom stereocenters. The van der Waals surface area contributed by atoms with E-state index in [2.05, 4.69) is 15.5 Å². The molecule has 3 rings (SSSR count). The first-order chi connectivity index (χ1) is 10.4. The van der Waals surface area contributed by atoms with Gasteiger partial charge in [-0.3, -0.25) is 0 Å². The Labute approximate surface area is 127 Å². The van der Waals surface area contributed by atoms with E-state index in [1.807, 2.05) is 28.9 Å². The number of rotatable bonds is 8. The topological polar surface area (TPSA) is 62.1 Å². The van der Waals surface area contributed by atoms with Crippen LogP contribution in [0.25, 0.3) is 0 Å². The third kappa shape index (κ3) is 3.87. The van der Waals surface area contributed by atoms with Gasteiger partial charge in [-0.15, -0.1) is 5.10 Å². The van der Waals surface area contributed by atoms with Gasteiger partial charge in [0.2, 0.25) is 5.16 Å². The second-order valence-electron chi connectivity index (χ2n) is 4.86. The molecule has 0 aliphatic heterocycles. The first-order valence-electron chi connectivity index (χ1n) is 7.04. The summed E-state index contributed by atoms with van der Waals surface area (Å²) < 4.78 is 12.7. The van der Waals surface area contributed by atoms with Crippen LogP contribution in [0.2, 0.25) is 0 Å². The van der Waals surface area contributed by atoms with E-state index in [1.165, 1.54) is 12.8 Å². The normalized spacial score (nSPS) is 14.1. The highest BCUT2D eigenvalue weighted by atomic mass is 32.2. The van der Waals surface area contributed by atoms with E-state index in [-0.39, 0.29) is 0 Å². The number of benzene rings is 1. The van der Waals surface area contributed by atoms with Crippen LogP contribution in [0.3, 0.4) is 0 Å². The minimum absolute atomic E-state index is 0.526. The van der Waals surface area contributed by atoms with Crippen molar-refractivity contribution in [2.24, 2.45) is 0 Å². The zero-order valence-corrected chi connectivity index (χ0v) is 12.8. The van der Waals surface area contributed by atoms with Crippen molar-refractivity contribution in [3.8, 4) is 11.5 Å². The minimum atomic E-state index is 0.526. The van der Waals surface area contributed by atoms with Crippen LogP contribution < -0.4 is 9.47 Å². The van der Waals surface area contributed by atoms with Crippen molar-refractivity contribution in [1.29, 1.82) is 0 Å². The number of tetrazole rings is 1. The van der Waals surface area contributed by atoms with E-state index in [0.717, 1.165) is 28.8 Å². The molecule has 1 aromatic carbocycles. The van der Waals surface area contributed by atoms with Crippen molar-refractivity contribution in [1.82, 2.24) is 20.2 Å². The molecule has 0 bridgehead atoms. The van der Waals surface area contributed by atoms with Crippen LogP contribution in [-0.2, 0) is 0 Å². The largest absolute Gasteiger partial charge is 0.497 e. The van der Waals surface area contributed by atoms with Crippen LogP contribution in [0.4, 0.5) is 0 Å². The van der Waals surface area contributed by atoms with Crippen molar-refractivity contribution in [2.45, 2.75) is 30.5 Å². The number of ether oxygens (including phenoxy) is 2. The molecule has 0 amide bonds. The molecule has 21 heavy (non-hydrogen) atoms. The van der Waals surface area contributed by atoms with Crippen molar-refractivity contribution in [2.75, 3.05) is 19.5 Å². The third-order valence-electron chi connectivity index (χ3n) is 3.20. The van der Waals surface area contributed by atoms with E-state index >= 15 is 0 Å². The van der Waals surface area contributed by atoms with Gasteiger partial charge in [-0.2, -0.15) is 0 Å². The summed E-state index contributed by atoms with van der Waals surface area (Å²) in [4.78, 5) is 0. The zero-order valence-electron chi connectivity index (χ0n) is 11.9. The van der Waals surface area contributed by atoms with Crippen LogP contribution in [0.1, 0.15) is 25.3 Å². The maximum Gasteiger partial charge on any atom is 0.209 e. The Morgan fingerprint density at radius 2 is 2.00 bits per heavy atom. The molecule has 1 aliphatic rings. The predicted octanol–water partition coefficient (Wildman–Crippen LogP) is 2.58. The van der Waals surface area contributed by atoms with E-state index in [4.69, 9.17) is 9.47 Å². The van der Waals surface area contributed by atoms with Crippen molar-refractivity contribution in [3.63, 3.8) is 0 Å². The van der Waals surface area contributed by atoms with E-state index in [0.29, 0.717) is 12.6 Å². The summed E-state index contributed by atoms with van der Waals surface area (Å²) in [6.45, 7) is 0.685. The third-order valence-corrected chi connectivity index (χ3v) is 4.22. The highest BCUT2D eigenvalue weighted by molar-refractivity contribution is 7.99. The second kappa shape index (κ2) is 6.80. The van der Waals surface area contributed by atoms with E-state index < -0.39 is 0 Å². The average molecular weight is 306 g/mol. The summed E-state index contributed by atoms with van der Waals surface area (Å²) in [5.74, 6) is 2.65. The summed E-state index contributed by atoms with van der Waals surface area (Å²) in [7, 11) is 1.66. The standard InChI is InChI=1S/C14H18N4O2S/c1-19-12-5-7-13(8-6-12)20-9-2-10-21-14-15-16-17-18(14)11-3-4-11/h5-8,11H,2-4,9-10H2,1H3. The van der Waals surface area contributed by atoms with Crippen molar-refractivity contribution < 1.29 is 9.47 Å². The molecule has 7 heteroatoms. The summed E-state index contributed by atoms with van der Waals surface area (Å²) in [6.07, 6.45) is 3.34. The number of nitrogens with zero attached hydrogens (tertiary/aromatic N) is 4. The van der Waals surface area contributed by atoms with E-state index in [9.17, 15) is 0 Å². The molecule has 1 heterocycles. The number of methoxy groups -OCH3 is 1. The van der Waals surface area contributed by atoms with Gasteiger partial charge in [-0.1, -0.05) is 11.8 Å². The van der Waals surface area contributed by atoms with Crippen LogP contribution in [0.15, 0.2) is 29.4 Å². The SMILES string of the molecule is COc1ccc(OCCCSc2nnnn2C2CC2)cc1. The lowest BCUT2D eigenvalue weighted by Crippen LogP contribution is -2.01. The Kier molecular flexibility index (Phi) is 4.59. The molecule has 0 saturated heterocycles. The number of thioether (sulfide) groups is 1. The Morgan fingerprint density at radius 1 is 1.24 bits per heavy atom. The quantitative estimate of drug-likeness (QED) is 0.552. The number of hydrogen-bond acceptors (Lipinski definition) is 6. The summed E-state index contributed by atoms with van der Waals surface area (Å²) in [5, 5.41) is 12.8. The van der Waals surface area contributed by atoms with Gasteiger partial charge in [0.05, 0.1) is 19.8 Å². The van der Waals surface area contributed by atoms with Gasteiger partial charge >= 0.3 is 0 Å². The van der Waals surface area contributed by atoms with Crippen LogP contribution in [-0.4, -0.2) is 39.7 Å². The lowest BCUT2D eigenvalue weighted by Gasteiger charge is -2.07. The Bertz CT molecular complexity index is 569. The number of hydrogen-bond donors (Lipinski definition) is 0. The smallest absolute Gasteiger partial charge is 0.209 e. The first kappa shape index (κ1) is 14.2. The van der Waals surface area contributed by atoms with Gasteiger partial charge in [0.15, 0.2) is 0 Å². The molecule has 112 valence electrons. The summed E-state index contributed by atoms with van der Waals surface area (Å²) in [6, 6.07) is 8.15. The summed E-state index contributed by atoms with van der Waals surface area (Å²) >= 11 is 1.69. The van der Waals surface area contributed by atoms with Gasteiger partial charge in [0, 0.05) is 5.75 Å². The molecular formula is C14H18N4O2S. The molecule has 1 aromatic heterocycles. The van der Waals surface area contributed by atoms with Gasteiger partial charge in [0.1, 0.15) is 11.5 Å². The Morgan fingerprint density at radius 3 is 2.71 bits per heavy atom. The molecule has 0 spiro atoms. The molecule has 1 aliphatic carbocycles. The fraction of sp³-hybridized carbons (Fsp3) is 0.500. The van der Waals surface area contributed by atoms with Crippen molar-refractivity contribution >= 4 is 11.8 Å². The van der Waals surface area contributed by atoms with Gasteiger partial charge in [0.25, 0.3) is 0 Å². The van der Waals surface area contributed by atoms with Gasteiger partial charge in [-0.05, 0) is 54.0 Å². The molecule has 0 N–H and O–H groups in total. The summed E-state index contributed by atoms with van der Waals surface area (Å²) in [5.41, 5.74) is 0. The highest BCUT2D eigenvalue weighted by Gasteiger charge is 2.27. The zero-order chi connectivity index (χ0) is 14.5. The average Bonchev–Trinajstić information content (AvgIpc) is 3.27. The molecule has 0 unspecified atom stereocenters. The molecule has 1 saturated carbocycles. The molecule has 0 radical (unpaired) electrons. The van der Waals surface area contributed by atoms with E-state index in [1.54, 1.807) is 18.9 Å². The fourth-order valence-corrected chi connectivity index (χ4v) is 2.77. The lowest BCUT2D eigenvalue weighted by atomic mass is 10.3. The fourth-order valence-electron chi connectivity index (χ4n) is 1.91. The maximum absolute atomic E-state index is 5.69. The van der Waals surface area contributed by atoms with Crippen LogP contribution in [0, 0.1) is 0 Å². The maximum atomic E-state index is 5.69.